The lowest BCUT2D eigenvalue weighted by atomic mass is 10.1. The SMILES string of the molecule is Cc1ccc(C)c(NC(=O)C(=O)NCCN2C(=O)CSC2=O)c1. The summed E-state index contributed by atoms with van der Waals surface area (Å²) in [4.78, 5) is 47.5. The van der Waals surface area contributed by atoms with Crippen LogP contribution in [0.4, 0.5) is 10.5 Å². The van der Waals surface area contributed by atoms with Crippen molar-refractivity contribution < 1.29 is 19.2 Å². The van der Waals surface area contributed by atoms with E-state index in [2.05, 4.69) is 10.6 Å². The third-order valence-electron chi connectivity index (χ3n) is 3.31. The molecule has 0 radical (unpaired) electrons. The van der Waals surface area contributed by atoms with E-state index in [-0.39, 0.29) is 30.0 Å². The Hall–Kier alpha value is -2.35. The lowest BCUT2D eigenvalue weighted by Gasteiger charge is -2.13. The molecule has 1 aliphatic heterocycles. The average Bonchev–Trinajstić information content (AvgIpc) is 2.82. The molecule has 1 heterocycles. The largest absolute Gasteiger partial charge is 0.346 e. The second-order valence-corrected chi connectivity index (χ2v) is 6.05. The number of benzene rings is 1. The van der Waals surface area contributed by atoms with Crippen LogP contribution in [0.5, 0.6) is 0 Å². The molecule has 0 aromatic heterocycles. The van der Waals surface area contributed by atoms with Crippen LogP contribution in [0.15, 0.2) is 18.2 Å². The van der Waals surface area contributed by atoms with Crippen LogP contribution in [0.2, 0.25) is 0 Å². The molecule has 8 heteroatoms. The number of thioether (sulfide) groups is 1. The van der Waals surface area contributed by atoms with E-state index in [1.165, 1.54) is 0 Å². The number of aryl methyl sites for hydroxylation is 2. The Labute approximate surface area is 137 Å². The molecule has 0 atom stereocenters. The summed E-state index contributed by atoms with van der Waals surface area (Å²) in [5, 5.41) is 4.61. The van der Waals surface area contributed by atoms with Crippen molar-refractivity contribution in [3.8, 4) is 0 Å². The van der Waals surface area contributed by atoms with Crippen LogP contribution in [0, 0.1) is 13.8 Å². The molecule has 4 amide bonds. The van der Waals surface area contributed by atoms with Crippen molar-refractivity contribution in [2.24, 2.45) is 0 Å². The Bertz CT molecular complexity index is 659. The van der Waals surface area contributed by atoms with E-state index in [9.17, 15) is 19.2 Å². The highest BCUT2D eigenvalue weighted by atomic mass is 32.2. The first-order valence-corrected chi connectivity index (χ1v) is 8.00. The summed E-state index contributed by atoms with van der Waals surface area (Å²) in [7, 11) is 0. The Morgan fingerprint density at radius 1 is 1.22 bits per heavy atom. The molecule has 1 aromatic carbocycles. The highest BCUT2D eigenvalue weighted by molar-refractivity contribution is 8.14. The number of hydrogen-bond donors (Lipinski definition) is 2. The van der Waals surface area contributed by atoms with Gasteiger partial charge in [-0.25, -0.2) is 0 Å². The zero-order valence-electron chi connectivity index (χ0n) is 12.8. The molecule has 2 rings (SSSR count). The summed E-state index contributed by atoms with van der Waals surface area (Å²) in [6.45, 7) is 3.82. The topological polar surface area (TPSA) is 95.6 Å². The summed E-state index contributed by atoms with van der Waals surface area (Å²) in [6, 6.07) is 5.54. The molecular weight excluding hydrogens is 318 g/mol. The quantitative estimate of drug-likeness (QED) is 0.802. The number of amides is 4. The van der Waals surface area contributed by atoms with Gasteiger partial charge in [0, 0.05) is 18.8 Å². The van der Waals surface area contributed by atoms with E-state index in [4.69, 9.17) is 0 Å². The standard InChI is InChI=1S/C15H17N3O4S/c1-9-3-4-10(2)11(7-9)17-14(21)13(20)16-5-6-18-12(19)8-23-15(18)22/h3-4,7H,5-6,8H2,1-2H3,(H,16,20)(H,17,21). The molecule has 0 bridgehead atoms. The molecule has 0 spiro atoms. The lowest BCUT2D eigenvalue weighted by Crippen LogP contribution is -2.41. The van der Waals surface area contributed by atoms with Gasteiger partial charge in [-0.3, -0.25) is 24.1 Å². The molecule has 23 heavy (non-hydrogen) atoms. The fraction of sp³-hybridized carbons (Fsp3) is 0.333. The van der Waals surface area contributed by atoms with E-state index >= 15 is 0 Å². The molecule has 1 aromatic rings. The minimum absolute atomic E-state index is 0.0388. The van der Waals surface area contributed by atoms with Gasteiger partial charge in [0.2, 0.25) is 5.91 Å². The van der Waals surface area contributed by atoms with Crippen molar-refractivity contribution >= 4 is 40.4 Å². The Morgan fingerprint density at radius 3 is 2.61 bits per heavy atom. The number of carbonyl (C=O) groups excluding carboxylic acids is 4. The molecule has 0 aliphatic carbocycles. The number of carbonyl (C=O) groups is 4. The van der Waals surface area contributed by atoms with Crippen LogP contribution in [0.25, 0.3) is 0 Å². The maximum Gasteiger partial charge on any atom is 0.313 e. The second-order valence-electron chi connectivity index (χ2n) is 5.13. The lowest BCUT2D eigenvalue weighted by molar-refractivity contribution is -0.136. The van der Waals surface area contributed by atoms with Crippen LogP contribution < -0.4 is 10.6 Å². The molecule has 7 nitrogen and oxygen atoms in total. The zero-order chi connectivity index (χ0) is 17.0. The third kappa shape index (κ3) is 4.32. The van der Waals surface area contributed by atoms with Gasteiger partial charge >= 0.3 is 11.8 Å². The molecule has 1 saturated heterocycles. The minimum atomic E-state index is -0.808. The first-order valence-electron chi connectivity index (χ1n) is 7.02. The smallest absolute Gasteiger partial charge is 0.313 e. The first-order chi connectivity index (χ1) is 10.9. The van der Waals surface area contributed by atoms with Crippen LogP contribution in [-0.4, -0.2) is 46.7 Å². The highest BCUT2D eigenvalue weighted by Crippen LogP contribution is 2.18. The van der Waals surface area contributed by atoms with Crippen LogP contribution in [0.3, 0.4) is 0 Å². The van der Waals surface area contributed by atoms with Crippen LogP contribution >= 0.6 is 11.8 Å². The predicted molar refractivity (Wildman–Crippen MR) is 87.1 cm³/mol. The minimum Gasteiger partial charge on any atom is -0.346 e. The number of anilines is 1. The summed E-state index contributed by atoms with van der Waals surface area (Å²) < 4.78 is 0. The monoisotopic (exact) mass is 335 g/mol. The highest BCUT2D eigenvalue weighted by Gasteiger charge is 2.29. The average molecular weight is 335 g/mol. The van der Waals surface area contributed by atoms with Gasteiger partial charge in [-0.1, -0.05) is 23.9 Å². The number of nitrogens with one attached hydrogen (secondary N) is 2. The Kier molecular flexibility index (Phi) is 5.38. The van der Waals surface area contributed by atoms with Crippen LogP contribution in [-0.2, 0) is 14.4 Å². The van der Waals surface area contributed by atoms with Crippen molar-refractivity contribution in [1.82, 2.24) is 10.2 Å². The van der Waals surface area contributed by atoms with Gasteiger partial charge in [-0.2, -0.15) is 0 Å². The van der Waals surface area contributed by atoms with Crippen molar-refractivity contribution in [3.05, 3.63) is 29.3 Å². The zero-order valence-corrected chi connectivity index (χ0v) is 13.7. The molecule has 122 valence electrons. The fourth-order valence-electron chi connectivity index (χ4n) is 2.01. The van der Waals surface area contributed by atoms with Crippen molar-refractivity contribution in [3.63, 3.8) is 0 Å². The number of hydrogen-bond acceptors (Lipinski definition) is 5. The summed E-state index contributed by atoms with van der Waals surface area (Å²) in [6.07, 6.45) is 0. The van der Waals surface area contributed by atoms with Crippen molar-refractivity contribution in [2.45, 2.75) is 13.8 Å². The van der Waals surface area contributed by atoms with Crippen LogP contribution in [0.1, 0.15) is 11.1 Å². The van der Waals surface area contributed by atoms with E-state index in [0.717, 1.165) is 27.8 Å². The van der Waals surface area contributed by atoms with Gasteiger partial charge in [-0.15, -0.1) is 0 Å². The fourth-order valence-corrected chi connectivity index (χ4v) is 2.76. The maximum atomic E-state index is 11.9. The second kappa shape index (κ2) is 7.28. The van der Waals surface area contributed by atoms with E-state index in [0.29, 0.717) is 5.69 Å². The van der Waals surface area contributed by atoms with Gasteiger partial charge < -0.3 is 10.6 Å². The van der Waals surface area contributed by atoms with Gasteiger partial charge in [0.25, 0.3) is 5.24 Å². The predicted octanol–water partition coefficient (Wildman–Crippen LogP) is 1.05. The molecule has 1 fully saturated rings. The number of rotatable bonds is 4. The summed E-state index contributed by atoms with van der Waals surface area (Å²) >= 11 is 0.929. The van der Waals surface area contributed by atoms with Crippen molar-refractivity contribution in [2.75, 3.05) is 24.2 Å². The molecule has 0 unspecified atom stereocenters. The summed E-state index contributed by atoms with van der Waals surface area (Å²) in [5.41, 5.74) is 2.39. The normalized spacial score (nSPS) is 14.1. The van der Waals surface area contributed by atoms with Gasteiger partial charge in [0.05, 0.1) is 5.75 Å². The molecular formula is C15H17N3O4S. The number of imide groups is 1. The van der Waals surface area contributed by atoms with E-state index < -0.39 is 11.8 Å². The van der Waals surface area contributed by atoms with Gasteiger partial charge in [-0.05, 0) is 31.0 Å². The number of nitrogens with zero attached hydrogens (tertiary/aromatic N) is 1. The van der Waals surface area contributed by atoms with Gasteiger partial charge in [0.15, 0.2) is 0 Å². The molecule has 2 N–H and O–H groups in total. The van der Waals surface area contributed by atoms with E-state index in [1.807, 2.05) is 26.0 Å². The molecule has 1 aliphatic rings. The summed E-state index contributed by atoms with van der Waals surface area (Å²) in [5.74, 6) is -1.75. The Balaban J connectivity index is 1.83. The van der Waals surface area contributed by atoms with Crippen molar-refractivity contribution in [1.29, 1.82) is 0 Å². The Morgan fingerprint density at radius 2 is 1.96 bits per heavy atom. The molecule has 0 saturated carbocycles. The van der Waals surface area contributed by atoms with Gasteiger partial charge in [0.1, 0.15) is 0 Å². The third-order valence-corrected chi connectivity index (χ3v) is 4.17. The first kappa shape index (κ1) is 17.0. The maximum absolute atomic E-state index is 11.9. The van der Waals surface area contributed by atoms with E-state index in [1.54, 1.807) is 6.07 Å².